The first kappa shape index (κ1) is 18.6. The minimum Gasteiger partial charge on any atom is -0.490 e. The van der Waals surface area contributed by atoms with Gasteiger partial charge in [-0.05, 0) is 69.8 Å². The Kier molecular flexibility index (Phi) is 7.89. The van der Waals surface area contributed by atoms with Crippen molar-refractivity contribution < 1.29 is 14.3 Å². The normalized spacial score (nSPS) is 15.1. The Hall–Kier alpha value is -1.75. The molecule has 1 aliphatic rings. The summed E-state index contributed by atoms with van der Waals surface area (Å²) in [5.41, 5.74) is 1.14. The van der Waals surface area contributed by atoms with Crippen LogP contribution in [0, 0.1) is 5.92 Å². The molecule has 0 bridgehead atoms. The number of rotatable bonds is 9. The van der Waals surface area contributed by atoms with Crippen molar-refractivity contribution in [3.63, 3.8) is 0 Å². The van der Waals surface area contributed by atoms with Crippen molar-refractivity contribution in [1.29, 1.82) is 0 Å². The minimum absolute atomic E-state index is 0.165. The highest BCUT2D eigenvalue weighted by atomic mass is 16.5. The lowest BCUT2D eigenvalue weighted by Gasteiger charge is -2.21. The highest BCUT2D eigenvalue weighted by Crippen LogP contribution is 2.28. The van der Waals surface area contributed by atoms with Crippen molar-refractivity contribution in [3.05, 3.63) is 23.8 Å². The summed E-state index contributed by atoms with van der Waals surface area (Å²) < 4.78 is 11.2. The zero-order valence-corrected chi connectivity index (χ0v) is 14.9. The van der Waals surface area contributed by atoms with Crippen LogP contribution >= 0.6 is 0 Å². The van der Waals surface area contributed by atoms with Crippen molar-refractivity contribution >= 4 is 5.91 Å². The molecule has 1 aromatic rings. The molecule has 2 rings (SSSR count). The zero-order valence-electron chi connectivity index (χ0n) is 14.9. The molecule has 1 amide bonds. The fourth-order valence-electron chi connectivity index (χ4n) is 3.02. The monoisotopic (exact) mass is 334 g/mol. The molecule has 0 atom stereocenters. The second kappa shape index (κ2) is 10.2. The maximum absolute atomic E-state index is 12.0. The molecule has 1 saturated heterocycles. The predicted octanol–water partition coefficient (Wildman–Crippen LogP) is 2.53. The maximum atomic E-state index is 12.0. The number of benzene rings is 1. The number of ether oxygens (including phenoxy) is 2. The quantitative estimate of drug-likeness (QED) is 0.728. The smallest absolute Gasteiger partial charge is 0.220 e. The van der Waals surface area contributed by atoms with Crippen LogP contribution in [0.3, 0.4) is 0 Å². The van der Waals surface area contributed by atoms with Crippen molar-refractivity contribution in [2.24, 2.45) is 5.92 Å². The lowest BCUT2D eigenvalue weighted by atomic mass is 9.94. The van der Waals surface area contributed by atoms with Gasteiger partial charge in [-0.2, -0.15) is 0 Å². The molecule has 0 aromatic heterocycles. The van der Waals surface area contributed by atoms with Gasteiger partial charge in [0, 0.05) is 13.0 Å². The van der Waals surface area contributed by atoms with E-state index in [1.165, 1.54) is 0 Å². The Morgan fingerprint density at radius 1 is 1.17 bits per heavy atom. The summed E-state index contributed by atoms with van der Waals surface area (Å²) in [6, 6.07) is 5.99. The number of carbonyl (C=O) groups is 1. The summed E-state index contributed by atoms with van der Waals surface area (Å²) in [6.45, 7) is 7.87. The fourth-order valence-corrected chi connectivity index (χ4v) is 3.02. The fraction of sp³-hybridized carbons (Fsp3) is 0.632. The molecule has 0 spiro atoms. The van der Waals surface area contributed by atoms with Crippen LogP contribution in [-0.2, 0) is 11.2 Å². The van der Waals surface area contributed by atoms with Crippen molar-refractivity contribution in [2.45, 2.75) is 39.5 Å². The Labute approximate surface area is 145 Å². The molecule has 1 heterocycles. The van der Waals surface area contributed by atoms with E-state index >= 15 is 0 Å². The van der Waals surface area contributed by atoms with Gasteiger partial charge in [-0.1, -0.05) is 6.07 Å². The van der Waals surface area contributed by atoms with Crippen LogP contribution in [-0.4, -0.2) is 38.8 Å². The third kappa shape index (κ3) is 6.04. The molecule has 0 aliphatic carbocycles. The van der Waals surface area contributed by atoms with E-state index in [1.54, 1.807) is 0 Å². The third-order valence-electron chi connectivity index (χ3n) is 4.28. The Morgan fingerprint density at radius 2 is 1.88 bits per heavy atom. The topological polar surface area (TPSA) is 59.6 Å². The van der Waals surface area contributed by atoms with Crippen LogP contribution in [0.4, 0.5) is 0 Å². The van der Waals surface area contributed by atoms with Gasteiger partial charge in [0.05, 0.1) is 13.2 Å². The van der Waals surface area contributed by atoms with Crippen LogP contribution in [0.15, 0.2) is 18.2 Å². The van der Waals surface area contributed by atoms with Crippen molar-refractivity contribution in [2.75, 3.05) is 32.8 Å². The van der Waals surface area contributed by atoms with E-state index in [1.807, 2.05) is 32.0 Å². The molecule has 5 heteroatoms. The molecule has 1 fully saturated rings. The number of piperidine rings is 1. The van der Waals surface area contributed by atoms with Crippen LogP contribution < -0.4 is 20.1 Å². The molecule has 0 radical (unpaired) electrons. The third-order valence-corrected chi connectivity index (χ3v) is 4.28. The van der Waals surface area contributed by atoms with E-state index in [9.17, 15) is 4.79 Å². The van der Waals surface area contributed by atoms with Crippen LogP contribution in [0.25, 0.3) is 0 Å². The molecule has 0 unspecified atom stereocenters. The van der Waals surface area contributed by atoms with Crippen LogP contribution in [0.2, 0.25) is 0 Å². The molecule has 24 heavy (non-hydrogen) atoms. The second-order valence-corrected chi connectivity index (χ2v) is 6.14. The van der Waals surface area contributed by atoms with Gasteiger partial charge in [-0.25, -0.2) is 0 Å². The van der Waals surface area contributed by atoms with Gasteiger partial charge in [0.15, 0.2) is 11.5 Å². The lowest BCUT2D eigenvalue weighted by Crippen LogP contribution is -2.33. The first-order valence-corrected chi connectivity index (χ1v) is 9.08. The van der Waals surface area contributed by atoms with Gasteiger partial charge >= 0.3 is 0 Å². The summed E-state index contributed by atoms with van der Waals surface area (Å²) in [5.74, 6) is 2.25. The number of amides is 1. The van der Waals surface area contributed by atoms with Crippen molar-refractivity contribution in [3.8, 4) is 11.5 Å². The summed E-state index contributed by atoms with van der Waals surface area (Å²) >= 11 is 0. The van der Waals surface area contributed by atoms with Gasteiger partial charge in [0.25, 0.3) is 0 Å². The summed E-state index contributed by atoms with van der Waals surface area (Å²) in [5, 5.41) is 6.37. The average molecular weight is 334 g/mol. The summed E-state index contributed by atoms with van der Waals surface area (Å²) in [4.78, 5) is 12.0. The molecule has 134 valence electrons. The standard InChI is InChI=1S/C19H30N2O3/c1-3-23-17-6-5-15(13-18(17)24-4-2)9-12-21-19(22)14-16-7-10-20-11-8-16/h5-6,13,16,20H,3-4,7-12,14H2,1-2H3,(H,21,22). The van der Waals surface area contributed by atoms with E-state index < -0.39 is 0 Å². The minimum atomic E-state index is 0.165. The SMILES string of the molecule is CCOc1ccc(CCNC(=O)CC2CCNCC2)cc1OCC. The second-order valence-electron chi connectivity index (χ2n) is 6.14. The summed E-state index contributed by atoms with van der Waals surface area (Å²) in [7, 11) is 0. The van der Waals surface area contributed by atoms with E-state index in [-0.39, 0.29) is 5.91 Å². The van der Waals surface area contributed by atoms with Crippen LogP contribution in [0.5, 0.6) is 11.5 Å². The highest BCUT2D eigenvalue weighted by molar-refractivity contribution is 5.76. The lowest BCUT2D eigenvalue weighted by molar-refractivity contribution is -0.122. The Balaban J connectivity index is 1.78. The average Bonchev–Trinajstić information content (AvgIpc) is 2.58. The first-order chi connectivity index (χ1) is 11.7. The van der Waals surface area contributed by atoms with E-state index in [2.05, 4.69) is 10.6 Å². The molecule has 0 saturated carbocycles. The van der Waals surface area contributed by atoms with Crippen molar-refractivity contribution in [1.82, 2.24) is 10.6 Å². The van der Waals surface area contributed by atoms with Gasteiger partial charge in [0.1, 0.15) is 0 Å². The maximum Gasteiger partial charge on any atom is 0.220 e. The Morgan fingerprint density at radius 3 is 2.58 bits per heavy atom. The first-order valence-electron chi connectivity index (χ1n) is 9.08. The number of hydrogen-bond acceptors (Lipinski definition) is 4. The van der Waals surface area contributed by atoms with E-state index in [0.29, 0.717) is 32.1 Å². The largest absolute Gasteiger partial charge is 0.490 e. The number of carbonyl (C=O) groups excluding carboxylic acids is 1. The van der Waals surface area contributed by atoms with Gasteiger partial charge in [-0.3, -0.25) is 4.79 Å². The molecular formula is C19H30N2O3. The highest BCUT2D eigenvalue weighted by Gasteiger charge is 2.16. The summed E-state index contributed by atoms with van der Waals surface area (Å²) in [6.07, 6.45) is 3.65. The molecule has 2 N–H and O–H groups in total. The van der Waals surface area contributed by atoms with E-state index in [4.69, 9.17) is 9.47 Å². The van der Waals surface area contributed by atoms with Crippen LogP contribution in [0.1, 0.15) is 38.7 Å². The van der Waals surface area contributed by atoms with Gasteiger partial charge in [0.2, 0.25) is 5.91 Å². The van der Waals surface area contributed by atoms with Gasteiger partial charge < -0.3 is 20.1 Å². The molecular weight excluding hydrogens is 304 g/mol. The van der Waals surface area contributed by atoms with Gasteiger partial charge in [-0.15, -0.1) is 0 Å². The number of hydrogen-bond donors (Lipinski definition) is 2. The number of nitrogens with one attached hydrogen (secondary N) is 2. The molecule has 1 aliphatic heterocycles. The van der Waals surface area contributed by atoms with E-state index in [0.717, 1.165) is 49.4 Å². The zero-order chi connectivity index (χ0) is 17.2. The molecule has 1 aromatic carbocycles. The molecule has 5 nitrogen and oxygen atoms in total. The predicted molar refractivity (Wildman–Crippen MR) is 95.7 cm³/mol. The Bertz CT molecular complexity index is 513.